The van der Waals surface area contributed by atoms with Crippen LogP contribution in [0.2, 0.25) is 5.02 Å². The number of hydrogen-bond acceptors (Lipinski definition) is 3. The maximum atomic E-state index is 12.9. The average Bonchev–Trinajstić information content (AvgIpc) is 3.02. The van der Waals surface area contributed by atoms with E-state index in [4.69, 9.17) is 16.4 Å². The molecule has 0 saturated carbocycles. The van der Waals surface area contributed by atoms with E-state index < -0.39 is 6.10 Å². The van der Waals surface area contributed by atoms with Crippen molar-refractivity contribution in [2.45, 2.75) is 19.4 Å². The van der Waals surface area contributed by atoms with Crippen LogP contribution in [0.4, 0.5) is 10.1 Å². The first-order chi connectivity index (χ1) is 11.0. The molecule has 0 saturated heterocycles. The van der Waals surface area contributed by atoms with Crippen molar-refractivity contribution in [2.24, 2.45) is 5.16 Å². The van der Waals surface area contributed by atoms with Gasteiger partial charge in [0, 0.05) is 17.1 Å². The van der Waals surface area contributed by atoms with E-state index in [-0.39, 0.29) is 11.7 Å². The molecule has 23 heavy (non-hydrogen) atoms. The zero-order chi connectivity index (χ0) is 16.4. The average molecular weight is 333 g/mol. The Morgan fingerprint density at radius 1 is 1.30 bits per heavy atom. The molecule has 0 aromatic heterocycles. The van der Waals surface area contributed by atoms with Gasteiger partial charge in [0.25, 0.3) is 5.91 Å². The largest absolute Gasteiger partial charge is 0.382 e. The van der Waals surface area contributed by atoms with Crippen LogP contribution < -0.4 is 5.32 Å². The van der Waals surface area contributed by atoms with Gasteiger partial charge in [0.2, 0.25) is 6.10 Å². The lowest BCUT2D eigenvalue weighted by Crippen LogP contribution is -2.28. The quantitative estimate of drug-likeness (QED) is 0.926. The van der Waals surface area contributed by atoms with Crippen molar-refractivity contribution in [1.82, 2.24) is 0 Å². The van der Waals surface area contributed by atoms with E-state index >= 15 is 0 Å². The third kappa shape index (κ3) is 3.51. The number of nitrogens with one attached hydrogen (secondary N) is 1. The summed E-state index contributed by atoms with van der Waals surface area (Å²) in [7, 11) is 0. The molecule has 1 heterocycles. The molecule has 0 aliphatic carbocycles. The summed E-state index contributed by atoms with van der Waals surface area (Å²) in [6, 6.07) is 11.2. The number of anilines is 1. The molecule has 1 atom stereocenters. The normalized spacial score (nSPS) is 16.7. The van der Waals surface area contributed by atoms with Crippen molar-refractivity contribution in [1.29, 1.82) is 0 Å². The standard InChI is InChI=1S/C17H14ClFN2O2/c1-10-2-5-12(18)8-14(10)20-17(22)16-9-15(21-23-16)11-3-6-13(19)7-4-11/h2-8,16H,9H2,1H3,(H,20,22). The van der Waals surface area contributed by atoms with Crippen LogP contribution in [-0.4, -0.2) is 17.7 Å². The number of nitrogens with zero attached hydrogens (tertiary/aromatic N) is 1. The predicted molar refractivity (Wildman–Crippen MR) is 87.2 cm³/mol. The molecule has 118 valence electrons. The summed E-state index contributed by atoms with van der Waals surface area (Å²) in [5, 5.41) is 7.26. The summed E-state index contributed by atoms with van der Waals surface area (Å²) in [5.74, 6) is -0.616. The second-order valence-electron chi connectivity index (χ2n) is 5.29. The van der Waals surface area contributed by atoms with E-state index in [0.29, 0.717) is 22.8 Å². The van der Waals surface area contributed by atoms with Crippen molar-refractivity contribution in [3.8, 4) is 0 Å². The highest BCUT2D eigenvalue weighted by atomic mass is 35.5. The molecule has 1 unspecified atom stereocenters. The molecular formula is C17H14ClFN2O2. The third-order valence-corrected chi connectivity index (χ3v) is 3.83. The zero-order valence-electron chi connectivity index (χ0n) is 12.3. The lowest BCUT2D eigenvalue weighted by Gasteiger charge is -2.11. The number of carbonyl (C=O) groups excluding carboxylic acids is 1. The van der Waals surface area contributed by atoms with Gasteiger partial charge in [-0.25, -0.2) is 4.39 Å². The molecule has 1 aliphatic rings. The fourth-order valence-electron chi connectivity index (χ4n) is 2.27. The van der Waals surface area contributed by atoms with Crippen LogP contribution in [-0.2, 0) is 9.63 Å². The van der Waals surface area contributed by atoms with Crippen LogP contribution in [0.3, 0.4) is 0 Å². The van der Waals surface area contributed by atoms with Crippen molar-refractivity contribution < 1.29 is 14.0 Å². The minimum Gasteiger partial charge on any atom is -0.382 e. The first-order valence-corrected chi connectivity index (χ1v) is 7.46. The Kier molecular flexibility index (Phi) is 4.30. The topological polar surface area (TPSA) is 50.7 Å². The lowest BCUT2D eigenvalue weighted by atomic mass is 10.0. The maximum Gasteiger partial charge on any atom is 0.268 e. The molecule has 2 aromatic carbocycles. The number of aryl methyl sites for hydroxylation is 1. The number of amides is 1. The molecule has 6 heteroatoms. The van der Waals surface area contributed by atoms with E-state index in [0.717, 1.165) is 11.1 Å². The minimum atomic E-state index is -0.714. The van der Waals surface area contributed by atoms with Gasteiger partial charge in [-0.1, -0.05) is 35.0 Å². The Morgan fingerprint density at radius 2 is 2.04 bits per heavy atom. The number of oxime groups is 1. The van der Waals surface area contributed by atoms with E-state index in [2.05, 4.69) is 10.5 Å². The Balaban J connectivity index is 1.66. The van der Waals surface area contributed by atoms with Gasteiger partial charge < -0.3 is 10.2 Å². The highest BCUT2D eigenvalue weighted by Gasteiger charge is 2.29. The van der Waals surface area contributed by atoms with Gasteiger partial charge in [0.05, 0.1) is 5.71 Å². The van der Waals surface area contributed by atoms with Crippen molar-refractivity contribution in [2.75, 3.05) is 5.32 Å². The van der Waals surface area contributed by atoms with Crippen LogP contribution in [0.5, 0.6) is 0 Å². The Labute approximate surface area is 137 Å². The van der Waals surface area contributed by atoms with Crippen LogP contribution in [0.1, 0.15) is 17.5 Å². The monoisotopic (exact) mass is 332 g/mol. The van der Waals surface area contributed by atoms with Gasteiger partial charge in [0.1, 0.15) is 5.82 Å². The maximum absolute atomic E-state index is 12.9. The molecule has 1 aliphatic heterocycles. The summed E-state index contributed by atoms with van der Waals surface area (Å²) in [6.45, 7) is 1.88. The zero-order valence-corrected chi connectivity index (χ0v) is 13.1. The molecule has 1 N–H and O–H groups in total. The number of rotatable bonds is 3. The molecule has 1 amide bonds. The van der Waals surface area contributed by atoms with E-state index in [1.807, 2.05) is 13.0 Å². The molecule has 0 radical (unpaired) electrons. The van der Waals surface area contributed by atoms with Gasteiger partial charge in [-0.3, -0.25) is 4.79 Å². The molecule has 0 spiro atoms. The summed E-state index contributed by atoms with van der Waals surface area (Å²) in [6.07, 6.45) is -0.384. The smallest absolute Gasteiger partial charge is 0.268 e. The fraction of sp³-hybridized carbons (Fsp3) is 0.176. The minimum absolute atomic E-state index is 0.295. The van der Waals surface area contributed by atoms with Crippen molar-refractivity contribution in [3.05, 3.63) is 64.4 Å². The SMILES string of the molecule is Cc1ccc(Cl)cc1NC(=O)C1CC(c2ccc(F)cc2)=NO1. The summed E-state index contributed by atoms with van der Waals surface area (Å²) in [4.78, 5) is 17.5. The van der Waals surface area contributed by atoms with Crippen LogP contribution in [0.25, 0.3) is 0 Å². The van der Waals surface area contributed by atoms with Crippen LogP contribution in [0, 0.1) is 12.7 Å². The number of hydrogen-bond donors (Lipinski definition) is 1. The van der Waals surface area contributed by atoms with E-state index in [1.54, 1.807) is 24.3 Å². The molecule has 4 nitrogen and oxygen atoms in total. The van der Waals surface area contributed by atoms with E-state index in [9.17, 15) is 9.18 Å². The Bertz CT molecular complexity index is 775. The lowest BCUT2D eigenvalue weighted by molar-refractivity contribution is -0.125. The van der Waals surface area contributed by atoms with E-state index in [1.165, 1.54) is 12.1 Å². The Morgan fingerprint density at radius 3 is 2.78 bits per heavy atom. The van der Waals surface area contributed by atoms with Crippen LogP contribution >= 0.6 is 11.6 Å². The predicted octanol–water partition coefficient (Wildman–Crippen LogP) is 3.92. The summed E-state index contributed by atoms with van der Waals surface area (Å²) < 4.78 is 12.9. The molecular weight excluding hydrogens is 319 g/mol. The van der Waals surface area contributed by atoms with Gasteiger partial charge >= 0.3 is 0 Å². The van der Waals surface area contributed by atoms with Crippen molar-refractivity contribution in [3.63, 3.8) is 0 Å². The number of halogens is 2. The van der Waals surface area contributed by atoms with Gasteiger partial charge in [-0.05, 0) is 42.3 Å². The van der Waals surface area contributed by atoms with Gasteiger partial charge in [0.15, 0.2) is 0 Å². The molecule has 2 aromatic rings. The summed E-state index contributed by atoms with van der Waals surface area (Å²) >= 11 is 5.94. The second kappa shape index (κ2) is 6.38. The third-order valence-electron chi connectivity index (χ3n) is 3.60. The van der Waals surface area contributed by atoms with Gasteiger partial charge in [-0.2, -0.15) is 0 Å². The molecule has 0 bridgehead atoms. The first kappa shape index (κ1) is 15.5. The van der Waals surface area contributed by atoms with Crippen LogP contribution in [0.15, 0.2) is 47.6 Å². The highest BCUT2D eigenvalue weighted by Crippen LogP contribution is 2.22. The number of carbonyl (C=O) groups is 1. The van der Waals surface area contributed by atoms with Crippen molar-refractivity contribution >= 4 is 28.9 Å². The second-order valence-corrected chi connectivity index (χ2v) is 5.73. The molecule has 3 rings (SSSR count). The summed E-state index contributed by atoms with van der Waals surface area (Å²) in [5.41, 5.74) is 2.90. The fourth-order valence-corrected chi connectivity index (χ4v) is 2.45. The van der Waals surface area contributed by atoms with Gasteiger partial charge in [-0.15, -0.1) is 0 Å². The Hall–Kier alpha value is -2.40. The number of benzene rings is 2. The first-order valence-electron chi connectivity index (χ1n) is 7.08. The molecule has 0 fully saturated rings. The highest BCUT2D eigenvalue weighted by molar-refractivity contribution is 6.31.